The Balaban J connectivity index is 1.70. The van der Waals surface area contributed by atoms with Crippen molar-refractivity contribution in [3.63, 3.8) is 0 Å². The third-order valence-electron chi connectivity index (χ3n) is 4.30. The lowest BCUT2D eigenvalue weighted by atomic mass is 10.1. The zero-order chi connectivity index (χ0) is 19.4. The minimum atomic E-state index is -0.917. The summed E-state index contributed by atoms with van der Waals surface area (Å²) in [7, 11) is 3.79. The van der Waals surface area contributed by atoms with Crippen LogP contribution in [-0.4, -0.2) is 32.1 Å². The smallest absolute Gasteiger partial charge is 0.338 e. The highest BCUT2D eigenvalue weighted by Gasteiger charge is 2.20. The van der Waals surface area contributed by atoms with Crippen molar-refractivity contribution in [2.24, 2.45) is 0 Å². The lowest BCUT2D eigenvalue weighted by Gasteiger charge is -2.16. The molecule has 1 N–H and O–H groups in total. The molecule has 0 aliphatic heterocycles. The molecule has 0 saturated carbocycles. The van der Waals surface area contributed by atoms with Crippen LogP contribution in [0.1, 0.15) is 17.3 Å². The minimum absolute atomic E-state index is 0.372. The third kappa shape index (κ3) is 4.26. The number of esters is 1. The van der Waals surface area contributed by atoms with Gasteiger partial charge in [-0.05, 0) is 36.6 Å². The fourth-order valence-corrected chi connectivity index (χ4v) is 2.76. The first-order valence-electron chi connectivity index (χ1n) is 8.72. The van der Waals surface area contributed by atoms with E-state index in [2.05, 4.69) is 5.32 Å². The van der Waals surface area contributed by atoms with Gasteiger partial charge in [0.1, 0.15) is 0 Å². The van der Waals surface area contributed by atoms with Crippen molar-refractivity contribution in [3.05, 3.63) is 72.3 Å². The van der Waals surface area contributed by atoms with E-state index in [9.17, 15) is 9.59 Å². The third-order valence-corrected chi connectivity index (χ3v) is 4.30. The van der Waals surface area contributed by atoms with Gasteiger partial charge in [0.15, 0.2) is 6.10 Å². The van der Waals surface area contributed by atoms with Crippen molar-refractivity contribution >= 4 is 34.0 Å². The number of hydrogen-bond acceptors (Lipinski definition) is 4. The fraction of sp³-hybridized carbons (Fsp3) is 0.182. The summed E-state index contributed by atoms with van der Waals surface area (Å²) in [6.07, 6.45) is -0.917. The summed E-state index contributed by atoms with van der Waals surface area (Å²) in [5, 5.41) is 4.81. The second-order valence-electron chi connectivity index (χ2n) is 6.51. The summed E-state index contributed by atoms with van der Waals surface area (Å²) in [6.45, 7) is 1.56. The van der Waals surface area contributed by atoms with Gasteiger partial charge < -0.3 is 15.0 Å². The number of anilines is 2. The molecule has 0 saturated heterocycles. The molecule has 5 heteroatoms. The number of hydrogen-bond donors (Lipinski definition) is 1. The van der Waals surface area contributed by atoms with Crippen LogP contribution in [0.15, 0.2) is 66.7 Å². The quantitative estimate of drug-likeness (QED) is 0.695. The van der Waals surface area contributed by atoms with Crippen molar-refractivity contribution < 1.29 is 14.3 Å². The number of carbonyl (C=O) groups is 2. The number of rotatable bonds is 5. The molecule has 0 radical (unpaired) electrons. The molecule has 1 unspecified atom stereocenters. The Kier molecular flexibility index (Phi) is 5.41. The van der Waals surface area contributed by atoms with E-state index in [1.165, 1.54) is 0 Å². The van der Waals surface area contributed by atoms with Crippen molar-refractivity contribution in [2.45, 2.75) is 13.0 Å². The number of benzene rings is 3. The van der Waals surface area contributed by atoms with Crippen LogP contribution in [-0.2, 0) is 9.53 Å². The summed E-state index contributed by atoms with van der Waals surface area (Å²) >= 11 is 0. The Hall–Kier alpha value is -3.34. The van der Waals surface area contributed by atoms with Gasteiger partial charge in [-0.2, -0.15) is 0 Å². The molecule has 1 amide bonds. The summed E-state index contributed by atoms with van der Waals surface area (Å²) in [5.41, 5.74) is 1.99. The molecule has 138 valence electrons. The number of carbonyl (C=O) groups excluding carboxylic acids is 2. The van der Waals surface area contributed by atoms with Gasteiger partial charge in [0, 0.05) is 30.9 Å². The van der Waals surface area contributed by atoms with E-state index in [-0.39, 0.29) is 5.91 Å². The highest BCUT2D eigenvalue weighted by atomic mass is 16.5. The lowest BCUT2D eigenvalue weighted by Crippen LogP contribution is -2.30. The molecule has 27 heavy (non-hydrogen) atoms. The molecular formula is C22H22N2O3. The first-order chi connectivity index (χ1) is 13.0. The number of fused-ring (bicyclic) bond motifs is 1. The minimum Gasteiger partial charge on any atom is -0.449 e. The molecule has 0 spiro atoms. The van der Waals surface area contributed by atoms with Crippen molar-refractivity contribution in [3.8, 4) is 0 Å². The van der Waals surface area contributed by atoms with Gasteiger partial charge in [-0.3, -0.25) is 4.79 Å². The maximum Gasteiger partial charge on any atom is 0.338 e. The highest BCUT2D eigenvalue weighted by Crippen LogP contribution is 2.23. The molecule has 0 fully saturated rings. The zero-order valence-corrected chi connectivity index (χ0v) is 15.6. The Morgan fingerprint density at radius 1 is 0.963 bits per heavy atom. The Labute approximate surface area is 158 Å². The molecule has 0 bridgehead atoms. The molecule has 3 aromatic carbocycles. The Morgan fingerprint density at radius 3 is 2.44 bits per heavy atom. The predicted octanol–water partition coefficient (Wildman–Crippen LogP) is 4.09. The number of ether oxygens (including phenoxy) is 1. The molecule has 0 aliphatic carbocycles. The van der Waals surface area contributed by atoms with E-state index in [0.29, 0.717) is 11.3 Å². The molecule has 5 nitrogen and oxygen atoms in total. The topological polar surface area (TPSA) is 58.6 Å². The van der Waals surface area contributed by atoms with Gasteiger partial charge >= 0.3 is 5.97 Å². The van der Waals surface area contributed by atoms with Gasteiger partial charge in [0.05, 0.1) is 5.56 Å². The predicted molar refractivity (Wildman–Crippen MR) is 108 cm³/mol. The molecule has 1 atom stereocenters. The van der Waals surface area contributed by atoms with Crippen molar-refractivity contribution in [2.75, 3.05) is 24.3 Å². The van der Waals surface area contributed by atoms with Crippen LogP contribution in [0, 0.1) is 0 Å². The van der Waals surface area contributed by atoms with Gasteiger partial charge in [-0.1, -0.05) is 42.5 Å². The van der Waals surface area contributed by atoms with Crippen LogP contribution in [0.2, 0.25) is 0 Å². The van der Waals surface area contributed by atoms with E-state index in [4.69, 9.17) is 4.74 Å². The number of nitrogens with zero attached hydrogens (tertiary/aromatic N) is 1. The Bertz CT molecular complexity index is 977. The van der Waals surface area contributed by atoms with Gasteiger partial charge in [-0.25, -0.2) is 4.79 Å². The van der Waals surface area contributed by atoms with Crippen molar-refractivity contribution in [1.82, 2.24) is 0 Å². The summed E-state index contributed by atoms with van der Waals surface area (Å²) in [6, 6.07) is 20.5. The second kappa shape index (κ2) is 7.91. The largest absolute Gasteiger partial charge is 0.449 e. The first-order valence-corrected chi connectivity index (χ1v) is 8.72. The first kappa shape index (κ1) is 18.5. The van der Waals surface area contributed by atoms with Crippen molar-refractivity contribution in [1.29, 1.82) is 0 Å². The summed E-state index contributed by atoms with van der Waals surface area (Å²) in [5.74, 6) is -0.900. The van der Waals surface area contributed by atoms with E-state index in [1.54, 1.807) is 25.1 Å². The highest BCUT2D eigenvalue weighted by molar-refractivity contribution is 6.04. The maximum absolute atomic E-state index is 12.5. The van der Waals surface area contributed by atoms with Crippen LogP contribution in [0.25, 0.3) is 10.8 Å². The van der Waals surface area contributed by atoms with E-state index in [0.717, 1.165) is 16.5 Å². The van der Waals surface area contributed by atoms with Crippen LogP contribution in [0.5, 0.6) is 0 Å². The second-order valence-corrected chi connectivity index (χ2v) is 6.51. The zero-order valence-electron chi connectivity index (χ0n) is 15.6. The normalized spacial score (nSPS) is 11.7. The molecule has 0 aliphatic rings. The molecular weight excluding hydrogens is 340 g/mol. The maximum atomic E-state index is 12.5. The standard InChI is InChI=1S/C22H22N2O3/c1-15(27-22(26)17-10-6-11-18(14-17)24(2)3)21(25)23-20-13-7-9-16-8-4-5-12-19(16)20/h4-15H,1-3H3,(H,23,25). The van der Waals surface area contributed by atoms with Crippen LogP contribution >= 0.6 is 0 Å². The van der Waals surface area contributed by atoms with Gasteiger partial charge in [0.2, 0.25) is 0 Å². The monoisotopic (exact) mass is 362 g/mol. The number of nitrogens with one attached hydrogen (secondary N) is 1. The summed E-state index contributed by atoms with van der Waals surface area (Å²) in [4.78, 5) is 26.8. The lowest BCUT2D eigenvalue weighted by molar-refractivity contribution is -0.123. The molecule has 3 aromatic rings. The fourth-order valence-electron chi connectivity index (χ4n) is 2.76. The van der Waals surface area contributed by atoms with Crippen LogP contribution in [0.3, 0.4) is 0 Å². The number of amides is 1. The molecule has 0 heterocycles. The van der Waals surface area contributed by atoms with E-state index in [1.807, 2.05) is 67.5 Å². The van der Waals surface area contributed by atoms with Crippen LogP contribution < -0.4 is 10.2 Å². The van der Waals surface area contributed by atoms with Gasteiger partial charge in [-0.15, -0.1) is 0 Å². The van der Waals surface area contributed by atoms with E-state index >= 15 is 0 Å². The average Bonchev–Trinajstić information content (AvgIpc) is 2.68. The Morgan fingerprint density at radius 2 is 1.67 bits per heavy atom. The SMILES string of the molecule is CC(OC(=O)c1cccc(N(C)C)c1)C(=O)Nc1cccc2ccccc12. The molecule has 3 rings (SSSR count). The van der Waals surface area contributed by atoms with Gasteiger partial charge in [0.25, 0.3) is 5.91 Å². The summed E-state index contributed by atoms with van der Waals surface area (Å²) < 4.78 is 5.35. The van der Waals surface area contributed by atoms with E-state index < -0.39 is 12.1 Å². The average molecular weight is 362 g/mol. The van der Waals surface area contributed by atoms with Crippen LogP contribution in [0.4, 0.5) is 11.4 Å². The molecule has 0 aromatic heterocycles.